The number of carbonyl (C=O) groups is 1. The Labute approximate surface area is 293 Å². The minimum atomic E-state index is -0.845. The summed E-state index contributed by atoms with van der Waals surface area (Å²) in [4.78, 5) is 29.5. The third-order valence-electron chi connectivity index (χ3n) is 9.21. The van der Waals surface area contributed by atoms with E-state index in [2.05, 4.69) is 95.8 Å². The number of amides is 1. The molecular formula is C41H43N7O2. The first-order valence-electron chi connectivity index (χ1n) is 17.4. The molecule has 0 radical (unpaired) electrons. The van der Waals surface area contributed by atoms with Gasteiger partial charge in [-0.15, -0.1) is 0 Å². The van der Waals surface area contributed by atoms with Crippen LogP contribution in [0.15, 0.2) is 116 Å². The van der Waals surface area contributed by atoms with Gasteiger partial charge >= 0.3 is 6.09 Å². The minimum Gasteiger partial charge on any atom is -0.444 e. The van der Waals surface area contributed by atoms with Gasteiger partial charge in [0.2, 0.25) is 5.95 Å². The zero-order valence-corrected chi connectivity index (χ0v) is 29.1. The summed E-state index contributed by atoms with van der Waals surface area (Å²) in [5.74, 6) is 0.500. The summed E-state index contributed by atoms with van der Waals surface area (Å²) < 4.78 is 7.74. The first kappa shape index (κ1) is 33.0. The highest BCUT2D eigenvalue weighted by Gasteiger charge is 2.41. The fourth-order valence-corrected chi connectivity index (χ4v) is 6.98. The minimum absolute atomic E-state index is 0.0190. The lowest BCUT2D eigenvalue weighted by molar-refractivity contribution is 0.0206. The van der Waals surface area contributed by atoms with Gasteiger partial charge in [-0.25, -0.2) is 24.4 Å². The van der Waals surface area contributed by atoms with Crippen LogP contribution >= 0.6 is 0 Å². The highest BCUT2D eigenvalue weighted by molar-refractivity contribution is 5.91. The Morgan fingerprint density at radius 1 is 0.840 bits per heavy atom. The summed E-state index contributed by atoms with van der Waals surface area (Å²) in [6.45, 7) is 8.95. The second-order valence-corrected chi connectivity index (χ2v) is 13.8. The Morgan fingerprint density at radius 2 is 1.46 bits per heavy atom. The van der Waals surface area contributed by atoms with E-state index in [1.54, 1.807) is 4.90 Å². The van der Waals surface area contributed by atoms with Crippen LogP contribution in [-0.4, -0.2) is 60.5 Å². The molecule has 0 unspecified atom stereocenters. The Morgan fingerprint density at radius 3 is 2.04 bits per heavy atom. The van der Waals surface area contributed by atoms with Gasteiger partial charge in [0.25, 0.3) is 0 Å². The second-order valence-electron chi connectivity index (χ2n) is 13.8. The van der Waals surface area contributed by atoms with E-state index in [9.17, 15) is 4.79 Å². The number of nitrogens with zero attached hydrogens (tertiary/aromatic N) is 6. The van der Waals surface area contributed by atoms with Gasteiger partial charge in [0.1, 0.15) is 16.8 Å². The molecule has 1 amide bonds. The molecule has 50 heavy (non-hydrogen) atoms. The maximum Gasteiger partial charge on any atom is 0.410 e. The van der Waals surface area contributed by atoms with Crippen molar-refractivity contribution >= 4 is 23.1 Å². The van der Waals surface area contributed by atoms with E-state index in [1.807, 2.05) is 57.4 Å². The summed E-state index contributed by atoms with van der Waals surface area (Å²) in [5, 5.41) is 9.92. The largest absolute Gasteiger partial charge is 0.444 e. The Kier molecular flexibility index (Phi) is 9.06. The number of carbonyl (C=O) groups excluding carboxylic acids is 1. The van der Waals surface area contributed by atoms with Crippen LogP contribution in [0.1, 0.15) is 62.8 Å². The molecule has 1 atom stereocenters. The molecule has 0 bridgehead atoms. The molecule has 1 aliphatic rings. The molecule has 3 aromatic carbocycles. The Balaban J connectivity index is 1.37. The van der Waals surface area contributed by atoms with Gasteiger partial charge in [0.05, 0.1) is 5.69 Å². The number of fused-ring (bicyclic) bond motifs is 1. The molecule has 254 valence electrons. The average molecular weight is 666 g/mol. The van der Waals surface area contributed by atoms with E-state index in [4.69, 9.17) is 24.8 Å². The van der Waals surface area contributed by atoms with Gasteiger partial charge in [-0.1, -0.05) is 97.9 Å². The molecule has 6 aromatic rings. The monoisotopic (exact) mass is 665 g/mol. The van der Waals surface area contributed by atoms with E-state index in [0.717, 1.165) is 63.9 Å². The number of nitrogens with one attached hydrogen (secondary N) is 1. The van der Waals surface area contributed by atoms with Crippen LogP contribution in [0.4, 0.5) is 10.7 Å². The lowest BCUT2D eigenvalue weighted by Gasteiger charge is -2.36. The van der Waals surface area contributed by atoms with Crippen LogP contribution in [0.25, 0.3) is 22.4 Å². The fourth-order valence-electron chi connectivity index (χ4n) is 6.98. The molecule has 9 nitrogen and oxygen atoms in total. The summed E-state index contributed by atoms with van der Waals surface area (Å²) in [5.41, 5.74) is 5.01. The third-order valence-corrected chi connectivity index (χ3v) is 9.21. The zero-order chi connectivity index (χ0) is 34.7. The molecule has 9 heteroatoms. The number of aromatic nitrogens is 5. The molecule has 0 saturated carbocycles. The van der Waals surface area contributed by atoms with Crippen LogP contribution in [0.5, 0.6) is 0 Å². The smallest absolute Gasteiger partial charge is 0.410 e. The Hall–Kier alpha value is -5.57. The fraction of sp³-hybridized carbons (Fsp3) is 0.293. The van der Waals surface area contributed by atoms with Crippen molar-refractivity contribution in [1.29, 1.82) is 0 Å². The molecule has 7 rings (SSSR count). The van der Waals surface area contributed by atoms with Crippen molar-refractivity contribution in [2.24, 2.45) is 0 Å². The van der Waals surface area contributed by atoms with E-state index >= 15 is 0 Å². The lowest BCUT2D eigenvalue weighted by atomic mass is 9.77. The molecule has 1 N–H and O–H groups in total. The number of pyridine rings is 1. The van der Waals surface area contributed by atoms with E-state index in [-0.39, 0.29) is 12.1 Å². The Bertz CT molecular complexity index is 1980. The predicted octanol–water partition coefficient (Wildman–Crippen LogP) is 8.10. The maximum atomic E-state index is 12.9. The summed E-state index contributed by atoms with van der Waals surface area (Å²) in [6.07, 6.45) is 5.89. The number of hydrogen-bond acceptors (Lipinski definition) is 7. The number of ether oxygens (including phenoxy) is 1. The van der Waals surface area contributed by atoms with Gasteiger partial charge in [-0.05, 0) is 74.4 Å². The van der Waals surface area contributed by atoms with Crippen molar-refractivity contribution in [3.63, 3.8) is 0 Å². The number of likely N-dealkylation sites (tertiary alicyclic amines) is 1. The number of anilines is 1. The van der Waals surface area contributed by atoms with Crippen molar-refractivity contribution in [3.05, 3.63) is 138 Å². The first-order chi connectivity index (χ1) is 24.3. The van der Waals surface area contributed by atoms with Crippen LogP contribution in [-0.2, 0) is 16.7 Å². The van der Waals surface area contributed by atoms with Crippen molar-refractivity contribution in [3.8, 4) is 11.4 Å². The molecular weight excluding hydrogens is 622 g/mol. The number of rotatable bonds is 8. The van der Waals surface area contributed by atoms with Gasteiger partial charge in [0, 0.05) is 36.9 Å². The number of aryl methyl sites for hydroxylation is 1. The van der Waals surface area contributed by atoms with Gasteiger partial charge in [-0.2, -0.15) is 5.10 Å². The van der Waals surface area contributed by atoms with E-state index in [0.29, 0.717) is 19.0 Å². The summed E-state index contributed by atoms with van der Waals surface area (Å²) in [7, 11) is 0. The van der Waals surface area contributed by atoms with Crippen molar-refractivity contribution in [2.45, 2.75) is 64.1 Å². The van der Waals surface area contributed by atoms with Crippen molar-refractivity contribution < 1.29 is 9.53 Å². The normalized spacial score (nSPS) is 15.2. The zero-order valence-electron chi connectivity index (χ0n) is 29.1. The number of benzene rings is 3. The topological polar surface area (TPSA) is 98.1 Å². The molecule has 1 aliphatic heterocycles. The quantitative estimate of drug-likeness (QED) is 0.164. The number of piperidine rings is 1. The highest BCUT2D eigenvalue weighted by Crippen LogP contribution is 2.43. The van der Waals surface area contributed by atoms with Crippen LogP contribution < -0.4 is 5.32 Å². The van der Waals surface area contributed by atoms with Crippen molar-refractivity contribution in [1.82, 2.24) is 29.6 Å². The van der Waals surface area contributed by atoms with Crippen LogP contribution in [0, 0.1) is 0 Å². The first-order valence-corrected chi connectivity index (χ1v) is 17.4. The SMILES string of the molecule is CCc1cnc(N[C@H]2CCCN(C(=O)OC(C)(C)C)C2)nc1-c1nn(C(c2ccccc2)(c2ccccc2)c2ccccc2)c2ncccc12. The maximum absolute atomic E-state index is 12.9. The highest BCUT2D eigenvalue weighted by atomic mass is 16.6. The van der Waals surface area contributed by atoms with Crippen LogP contribution in [0.2, 0.25) is 0 Å². The molecule has 1 saturated heterocycles. The van der Waals surface area contributed by atoms with Crippen LogP contribution in [0.3, 0.4) is 0 Å². The lowest BCUT2D eigenvalue weighted by Crippen LogP contribution is -2.47. The average Bonchev–Trinajstić information content (AvgIpc) is 3.52. The van der Waals surface area contributed by atoms with E-state index in [1.165, 1.54) is 0 Å². The molecule has 0 aliphatic carbocycles. The molecule has 3 aromatic heterocycles. The van der Waals surface area contributed by atoms with Crippen molar-refractivity contribution in [2.75, 3.05) is 18.4 Å². The van der Waals surface area contributed by atoms with Gasteiger partial charge in [-0.3, -0.25) is 0 Å². The van der Waals surface area contributed by atoms with Gasteiger partial charge in [0.15, 0.2) is 5.65 Å². The second kappa shape index (κ2) is 13.7. The summed E-state index contributed by atoms with van der Waals surface area (Å²) in [6, 6.07) is 35.5. The third kappa shape index (κ3) is 6.31. The summed E-state index contributed by atoms with van der Waals surface area (Å²) >= 11 is 0. The number of hydrogen-bond donors (Lipinski definition) is 1. The predicted molar refractivity (Wildman–Crippen MR) is 197 cm³/mol. The molecule has 0 spiro atoms. The van der Waals surface area contributed by atoms with Gasteiger partial charge < -0.3 is 15.0 Å². The van der Waals surface area contributed by atoms with E-state index < -0.39 is 11.1 Å². The standard InChI is InChI=1S/C41H43N7O2/c1-5-29-27-43-38(44-33-23-16-26-47(28-33)39(49)50-40(2,3)4)45-35(29)36-34-24-15-25-42-37(34)48(46-36)41(30-17-9-6-10-18-30,31-19-11-7-12-20-31)32-21-13-8-14-22-32/h6-15,17-22,24-25,27,33H,5,16,23,26,28H2,1-4H3,(H,43,44,45)/t33-/m0/s1. The molecule has 1 fully saturated rings. The molecule has 4 heterocycles.